The number of nitrogens with zero attached hydrogens (tertiary/aromatic N) is 3. The summed E-state index contributed by atoms with van der Waals surface area (Å²) in [7, 11) is 0. The van der Waals surface area contributed by atoms with E-state index in [4.69, 9.17) is 0 Å². The number of hydrogen-bond acceptors (Lipinski definition) is 4. The Kier molecular flexibility index (Phi) is 3.44. The number of nitrogens with one attached hydrogen (secondary N) is 2. The third kappa shape index (κ3) is 2.72. The van der Waals surface area contributed by atoms with Crippen molar-refractivity contribution in [3.8, 4) is 0 Å². The molecule has 2 N–H and O–H groups in total. The van der Waals surface area contributed by atoms with Crippen molar-refractivity contribution in [2.75, 3.05) is 5.32 Å². The maximum atomic E-state index is 13.2. The summed E-state index contributed by atoms with van der Waals surface area (Å²) in [6.07, 6.45) is -2.86. The lowest BCUT2D eigenvalue weighted by Crippen LogP contribution is -2.08. The molecule has 0 unspecified atom stereocenters. The first-order valence-electron chi connectivity index (χ1n) is 6.52. The molecule has 0 aliphatic rings. The van der Waals surface area contributed by atoms with E-state index in [1.54, 1.807) is 24.4 Å². The zero-order chi connectivity index (χ0) is 15.7. The van der Waals surface area contributed by atoms with Gasteiger partial charge in [-0.1, -0.05) is 6.07 Å². The van der Waals surface area contributed by atoms with Crippen molar-refractivity contribution in [3.63, 3.8) is 0 Å². The van der Waals surface area contributed by atoms with Gasteiger partial charge in [-0.2, -0.15) is 18.3 Å². The number of aromatic nitrogens is 4. The lowest BCUT2D eigenvalue weighted by Gasteiger charge is -2.10. The average molecular weight is 307 g/mol. The van der Waals surface area contributed by atoms with Gasteiger partial charge in [0.1, 0.15) is 0 Å². The normalized spacial score (nSPS) is 11.8. The summed E-state index contributed by atoms with van der Waals surface area (Å²) in [5.74, 6) is 0.112. The summed E-state index contributed by atoms with van der Waals surface area (Å²) >= 11 is 0. The van der Waals surface area contributed by atoms with Crippen molar-refractivity contribution in [1.82, 2.24) is 20.2 Å². The average Bonchev–Trinajstić information content (AvgIpc) is 2.87. The summed E-state index contributed by atoms with van der Waals surface area (Å²) in [6, 6.07) is 6.36. The van der Waals surface area contributed by atoms with Crippen LogP contribution in [0.25, 0.3) is 11.0 Å². The molecule has 114 valence electrons. The quantitative estimate of drug-likeness (QED) is 0.779. The lowest BCUT2D eigenvalue weighted by molar-refractivity contribution is -0.136. The van der Waals surface area contributed by atoms with Gasteiger partial charge in [-0.15, -0.1) is 0 Å². The highest BCUT2D eigenvalue weighted by molar-refractivity contribution is 5.90. The van der Waals surface area contributed by atoms with E-state index in [0.717, 1.165) is 6.07 Å². The maximum Gasteiger partial charge on any atom is 0.417 e. The Morgan fingerprint density at radius 3 is 2.77 bits per heavy atom. The topological polar surface area (TPSA) is 66.5 Å². The molecule has 0 spiro atoms. The van der Waals surface area contributed by atoms with E-state index in [1.165, 1.54) is 6.92 Å². The Bertz CT molecular complexity index is 795. The standard InChI is InChI=1S/C14H12F3N5/c1-8-6-10(14(15,16)17)11-12(21-22-13(11)20-8)19-7-9-4-2-3-5-18-9/h2-6H,7H2,1H3,(H2,19,20,21,22). The molecule has 3 rings (SSSR count). The Morgan fingerprint density at radius 1 is 1.27 bits per heavy atom. The van der Waals surface area contributed by atoms with Gasteiger partial charge in [-0.05, 0) is 25.1 Å². The molecule has 0 saturated heterocycles. The van der Waals surface area contributed by atoms with Crippen molar-refractivity contribution in [2.45, 2.75) is 19.6 Å². The van der Waals surface area contributed by atoms with E-state index in [1.807, 2.05) is 0 Å². The van der Waals surface area contributed by atoms with Gasteiger partial charge in [0, 0.05) is 11.9 Å². The van der Waals surface area contributed by atoms with Crippen LogP contribution < -0.4 is 5.32 Å². The number of pyridine rings is 2. The first-order chi connectivity index (χ1) is 10.4. The summed E-state index contributed by atoms with van der Waals surface area (Å²) in [6.45, 7) is 1.78. The second kappa shape index (κ2) is 5.28. The van der Waals surface area contributed by atoms with Crippen LogP contribution in [0.15, 0.2) is 30.5 Å². The number of rotatable bonds is 3. The fourth-order valence-electron chi connectivity index (χ4n) is 2.19. The molecule has 22 heavy (non-hydrogen) atoms. The second-order valence-corrected chi connectivity index (χ2v) is 4.78. The molecular weight excluding hydrogens is 295 g/mol. The van der Waals surface area contributed by atoms with Crippen LogP contribution in [0.3, 0.4) is 0 Å². The van der Waals surface area contributed by atoms with Crippen LogP contribution in [-0.2, 0) is 12.7 Å². The second-order valence-electron chi connectivity index (χ2n) is 4.78. The molecule has 0 bridgehead atoms. The van der Waals surface area contributed by atoms with Crippen LogP contribution >= 0.6 is 0 Å². The van der Waals surface area contributed by atoms with E-state index in [0.29, 0.717) is 5.69 Å². The summed E-state index contributed by atoms with van der Waals surface area (Å²) in [5.41, 5.74) is 0.329. The number of hydrogen-bond donors (Lipinski definition) is 2. The molecule has 5 nitrogen and oxygen atoms in total. The van der Waals surface area contributed by atoms with E-state index in [9.17, 15) is 13.2 Å². The number of fused-ring (bicyclic) bond motifs is 1. The molecule has 3 aromatic rings. The predicted octanol–water partition coefficient (Wildman–Crippen LogP) is 3.29. The van der Waals surface area contributed by atoms with E-state index < -0.39 is 11.7 Å². The molecule has 8 heteroatoms. The Balaban J connectivity index is 2.00. The van der Waals surface area contributed by atoms with Crippen LogP contribution in [0.1, 0.15) is 17.0 Å². The smallest absolute Gasteiger partial charge is 0.362 e. The number of aryl methyl sites for hydroxylation is 1. The van der Waals surface area contributed by atoms with Crippen molar-refractivity contribution in [3.05, 3.63) is 47.4 Å². The SMILES string of the molecule is Cc1cc(C(F)(F)F)c2c(NCc3ccccn3)n[nH]c2n1. The van der Waals surface area contributed by atoms with E-state index in [-0.39, 0.29) is 29.1 Å². The number of aromatic amines is 1. The van der Waals surface area contributed by atoms with Gasteiger partial charge in [0.15, 0.2) is 11.5 Å². The maximum absolute atomic E-state index is 13.2. The molecule has 3 heterocycles. The molecule has 0 aromatic carbocycles. The van der Waals surface area contributed by atoms with Crippen LogP contribution in [0.2, 0.25) is 0 Å². The molecule has 0 aliphatic heterocycles. The monoisotopic (exact) mass is 307 g/mol. The van der Waals surface area contributed by atoms with Crippen molar-refractivity contribution >= 4 is 16.9 Å². The van der Waals surface area contributed by atoms with Gasteiger partial charge >= 0.3 is 6.18 Å². The van der Waals surface area contributed by atoms with Crippen LogP contribution in [0.4, 0.5) is 19.0 Å². The van der Waals surface area contributed by atoms with Gasteiger partial charge < -0.3 is 5.32 Å². The van der Waals surface area contributed by atoms with Gasteiger partial charge in [0.25, 0.3) is 0 Å². The molecule has 0 fully saturated rings. The molecule has 0 amide bonds. The minimum atomic E-state index is -4.47. The molecule has 0 aliphatic carbocycles. The van der Waals surface area contributed by atoms with Gasteiger partial charge in [-0.25, -0.2) is 4.98 Å². The summed E-state index contributed by atoms with van der Waals surface area (Å²) < 4.78 is 39.6. The minimum absolute atomic E-state index is 0.0611. The molecule has 0 atom stereocenters. The molecule has 0 saturated carbocycles. The first kappa shape index (κ1) is 14.3. The van der Waals surface area contributed by atoms with E-state index in [2.05, 4.69) is 25.5 Å². The van der Waals surface area contributed by atoms with E-state index >= 15 is 0 Å². The Labute approximate surface area is 123 Å². The van der Waals surface area contributed by atoms with Crippen molar-refractivity contribution in [2.24, 2.45) is 0 Å². The zero-order valence-corrected chi connectivity index (χ0v) is 11.6. The highest BCUT2D eigenvalue weighted by atomic mass is 19.4. The Hall–Kier alpha value is -2.64. The fourth-order valence-corrected chi connectivity index (χ4v) is 2.19. The minimum Gasteiger partial charge on any atom is -0.362 e. The van der Waals surface area contributed by atoms with Gasteiger partial charge in [0.2, 0.25) is 0 Å². The summed E-state index contributed by atoms with van der Waals surface area (Å²) in [5, 5.41) is 9.24. The fraction of sp³-hybridized carbons (Fsp3) is 0.214. The number of alkyl halides is 3. The van der Waals surface area contributed by atoms with Crippen molar-refractivity contribution in [1.29, 1.82) is 0 Å². The zero-order valence-electron chi connectivity index (χ0n) is 11.6. The largest absolute Gasteiger partial charge is 0.417 e. The first-order valence-corrected chi connectivity index (χ1v) is 6.52. The highest BCUT2D eigenvalue weighted by Crippen LogP contribution is 2.37. The summed E-state index contributed by atoms with van der Waals surface area (Å²) in [4.78, 5) is 8.16. The predicted molar refractivity (Wildman–Crippen MR) is 75.2 cm³/mol. The van der Waals surface area contributed by atoms with Crippen LogP contribution in [0.5, 0.6) is 0 Å². The van der Waals surface area contributed by atoms with Crippen molar-refractivity contribution < 1.29 is 13.2 Å². The van der Waals surface area contributed by atoms with Gasteiger partial charge in [-0.3, -0.25) is 10.1 Å². The number of anilines is 1. The highest BCUT2D eigenvalue weighted by Gasteiger charge is 2.35. The third-order valence-electron chi connectivity index (χ3n) is 3.13. The third-order valence-corrected chi connectivity index (χ3v) is 3.13. The van der Waals surface area contributed by atoms with Gasteiger partial charge in [0.05, 0.1) is 23.2 Å². The number of halogens is 3. The molecule has 0 radical (unpaired) electrons. The van der Waals surface area contributed by atoms with Crippen LogP contribution in [0, 0.1) is 6.92 Å². The van der Waals surface area contributed by atoms with Crippen LogP contribution in [-0.4, -0.2) is 20.2 Å². The molecular formula is C14H12F3N5. The lowest BCUT2D eigenvalue weighted by atomic mass is 10.1. The molecule has 3 aromatic heterocycles. The Morgan fingerprint density at radius 2 is 2.09 bits per heavy atom. The number of H-pyrrole nitrogens is 1.